The average molecular weight is 579 g/mol. The van der Waals surface area contributed by atoms with E-state index in [2.05, 4.69) is 24.4 Å². The lowest BCUT2D eigenvalue weighted by molar-refractivity contribution is -0.173. The fourth-order valence-electron chi connectivity index (χ4n) is 2.78. The standard InChI is InChI=1S/C20H27FN5O12P/c1-11(2)36-19(27)31-9-34-39(29,35-10-32-20(28)37-12(3)4)33-8-30-14-5-13(21)18(38-14)26-7-25-15-16(22)23-6-24-17(15)26/h5-7,11-12,14,18H,8-10H2,1-4H3,(H2,22,23,24)/t14-,18+/m0/s1. The van der Waals surface area contributed by atoms with Gasteiger partial charge in [0.1, 0.15) is 11.8 Å². The number of aromatic nitrogens is 4. The Balaban J connectivity index is 1.55. The van der Waals surface area contributed by atoms with Crippen LogP contribution < -0.4 is 5.73 Å². The molecule has 3 heterocycles. The minimum Gasteiger partial charge on any atom is -0.432 e. The van der Waals surface area contributed by atoms with Gasteiger partial charge in [-0.1, -0.05) is 0 Å². The van der Waals surface area contributed by atoms with E-state index in [-0.39, 0.29) is 17.0 Å². The van der Waals surface area contributed by atoms with Gasteiger partial charge in [-0.2, -0.15) is 0 Å². The number of nitrogens with two attached hydrogens (primary N) is 1. The van der Waals surface area contributed by atoms with E-state index in [9.17, 15) is 18.5 Å². The third kappa shape index (κ3) is 8.81. The first-order chi connectivity index (χ1) is 18.5. The van der Waals surface area contributed by atoms with Crippen molar-refractivity contribution < 1.29 is 60.5 Å². The molecule has 0 aliphatic carbocycles. The maximum absolute atomic E-state index is 14.6. The van der Waals surface area contributed by atoms with E-state index >= 15 is 0 Å². The third-order valence-electron chi connectivity index (χ3n) is 4.32. The molecule has 0 spiro atoms. The molecule has 1 aliphatic rings. The Morgan fingerprint density at radius 1 is 1.03 bits per heavy atom. The van der Waals surface area contributed by atoms with Crippen LogP contribution in [0.1, 0.15) is 33.9 Å². The Bertz CT molecular complexity index is 1190. The highest BCUT2D eigenvalue weighted by atomic mass is 31.2. The molecule has 0 radical (unpaired) electrons. The Morgan fingerprint density at radius 3 is 2.21 bits per heavy atom. The molecule has 2 aromatic rings. The number of imidazole rings is 1. The summed E-state index contributed by atoms with van der Waals surface area (Å²) in [5.41, 5.74) is 6.20. The number of phosphoric acid groups is 1. The van der Waals surface area contributed by atoms with Gasteiger partial charge in [0.15, 0.2) is 36.6 Å². The van der Waals surface area contributed by atoms with Crippen LogP contribution in [0, 0.1) is 0 Å². The molecular formula is C20H27FN5O12P. The van der Waals surface area contributed by atoms with E-state index in [1.165, 1.54) is 17.2 Å². The molecule has 0 bridgehead atoms. The normalized spacial score (nSPS) is 17.5. The quantitative estimate of drug-likeness (QED) is 0.205. The van der Waals surface area contributed by atoms with Gasteiger partial charge in [0.25, 0.3) is 0 Å². The zero-order valence-corrected chi connectivity index (χ0v) is 22.1. The van der Waals surface area contributed by atoms with Gasteiger partial charge in [-0.05, 0) is 27.7 Å². The highest BCUT2D eigenvalue weighted by Crippen LogP contribution is 2.49. The van der Waals surface area contributed by atoms with Gasteiger partial charge in [-0.25, -0.2) is 42.5 Å². The summed E-state index contributed by atoms with van der Waals surface area (Å²) in [4.78, 5) is 34.9. The lowest BCUT2D eigenvalue weighted by Gasteiger charge is -2.19. The lowest BCUT2D eigenvalue weighted by atomic mass is 10.4. The van der Waals surface area contributed by atoms with Gasteiger partial charge in [0, 0.05) is 6.08 Å². The molecule has 2 aromatic heterocycles. The van der Waals surface area contributed by atoms with Crippen LogP contribution in [0.3, 0.4) is 0 Å². The molecule has 17 nitrogen and oxygen atoms in total. The molecule has 1 aliphatic heterocycles. The Morgan fingerprint density at radius 2 is 1.62 bits per heavy atom. The summed E-state index contributed by atoms with van der Waals surface area (Å²) in [7, 11) is -4.58. The Hall–Kier alpha value is -3.41. The van der Waals surface area contributed by atoms with Crippen LogP contribution in [0.15, 0.2) is 24.6 Å². The second kappa shape index (κ2) is 13.6. The van der Waals surface area contributed by atoms with Crippen molar-refractivity contribution in [2.45, 2.75) is 52.4 Å². The number of carbonyl (C=O) groups is 2. The monoisotopic (exact) mass is 579 g/mol. The van der Waals surface area contributed by atoms with E-state index in [0.29, 0.717) is 0 Å². The SMILES string of the molecule is CC(C)OC(=O)OCOP(=O)(OCOC(=O)OC(C)C)OCO[C@@H]1C=C(F)[C@H](n2cnc3c(N)ncnc32)O1. The summed E-state index contributed by atoms with van der Waals surface area (Å²) < 4.78 is 73.0. The summed E-state index contributed by atoms with van der Waals surface area (Å²) in [6.45, 7) is 3.64. The van der Waals surface area contributed by atoms with Crippen molar-refractivity contribution in [1.29, 1.82) is 0 Å². The second-order valence-electron chi connectivity index (χ2n) is 7.97. The average Bonchev–Trinajstić information content (AvgIpc) is 3.42. The number of nitrogen functional groups attached to an aromatic ring is 1. The summed E-state index contributed by atoms with van der Waals surface area (Å²) >= 11 is 0. The van der Waals surface area contributed by atoms with Crippen LogP contribution in [-0.2, 0) is 46.6 Å². The topological polar surface area (TPSA) is 204 Å². The highest BCUT2D eigenvalue weighted by Gasteiger charge is 2.34. The molecule has 2 N–H and O–H groups in total. The Kier molecular flexibility index (Phi) is 10.5. The third-order valence-corrected chi connectivity index (χ3v) is 5.58. The molecule has 3 rings (SSSR count). The minimum absolute atomic E-state index is 0.0981. The minimum atomic E-state index is -4.58. The summed E-state index contributed by atoms with van der Waals surface area (Å²) in [5, 5.41) is 0. The zero-order chi connectivity index (χ0) is 28.6. The smallest absolute Gasteiger partial charge is 0.432 e. The van der Waals surface area contributed by atoms with Gasteiger partial charge < -0.3 is 34.2 Å². The highest BCUT2D eigenvalue weighted by molar-refractivity contribution is 7.48. The molecule has 0 saturated carbocycles. The summed E-state index contributed by atoms with van der Waals surface area (Å²) in [6, 6.07) is 0. The molecule has 0 aromatic carbocycles. The molecule has 216 valence electrons. The van der Waals surface area contributed by atoms with Crippen molar-refractivity contribution in [3.8, 4) is 0 Å². The van der Waals surface area contributed by atoms with E-state index in [4.69, 9.17) is 38.3 Å². The fourth-order valence-corrected chi connectivity index (χ4v) is 3.55. The number of hydrogen-bond acceptors (Lipinski definition) is 16. The van der Waals surface area contributed by atoms with Crippen LogP contribution in [-0.4, -0.2) is 70.7 Å². The van der Waals surface area contributed by atoms with Crippen LogP contribution in [0.5, 0.6) is 0 Å². The maximum atomic E-state index is 14.6. The number of fused-ring (bicyclic) bond motifs is 1. The molecular weight excluding hydrogens is 552 g/mol. The van der Waals surface area contributed by atoms with Gasteiger partial charge in [-0.15, -0.1) is 0 Å². The van der Waals surface area contributed by atoms with E-state index in [1.54, 1.807) is 27.7 Å². The predicted octanol–water partition coefficient (Wildman–Crippen LogP) is 3.29. The van der Waals surface area contributed by atoms with Gasteiger partial charge in [-0.3, -0.25) is 9.09 Å². The molecule has 19 heteroatoms. The zero-order valence-electron chi connectivity index (χ0n) is 21.3. The number of halogens is 1. The predicted molar refractivity (Wildman–Crippen MR) is 125 cm³/mol. The number of nitrogens with zero attached hydrogens (tertiary/aromatic N) is 4. The van der Waals surface area contributed by atoms with E-state index in [0.717, 1.165) is 6.08 Å². The molecule has 0 unspecified atom stereocenters. The number of phosphoric ester groups is 1. The van der Waals surface area contributed by atoms with Crippen molar-refractivity contribution in [3.63, 3.8) is 0 Å². The van der Waals surface area contributed by atoms with Crippen LogP contribution in [0.2, 0.25) is 0 Å². The number of anilines is 1. The number of ether oxygens (including phenoxy) is 6. The van der Waals surface area contributed by atoms with Gasteiger partial charge in [0.2, 0.25) is 13.6 Å². The molecule has 0 amide bonds. The summed E-state index contributed by atoms with van der Waals surface area (Å²) in [5.74, 6) is -0.651. The first-order valence-electron chi connectivity index (χ1n) is 11.2. The number of carbonyl (C=O) groups excluding carboxylic acids is 2. The Labute approximate surface area is 220 Å². The largest absolute Gasteiger partial charge is 0.510 e. The lowest BCUT2D eigenvalue weighted by Crippen LogP contribution is -2.19. The van der Waals surface area contributed by atoms with E-state index in [1.807, 2.05) is 0 Å². The van der Waals surface area contributed by atoms with Crippen LogP contribution in [0.25, 0.3) is 11.2 Å². The number of hydrogen-bond donors (Lipinski definition) is 1. The first-order valence-corrected chi connectivity index (χ1v) is 12.7. The van der Waals surface area contributed by atoms with Crippen molar-refractivity contribution >= 4 is 37.1 Å². The first kappa shape index (κ1) is 30.1. The second-order valence-corrected chi connectivity index (χ2v) is 9.64. The molecule has 0 saturated heterocycles. The van der Waals surface area contributed by atoms with Crippen molar-refractivity contribution in [3.05, 3.63) is 24.6 Å². The van der Waals surface area contributed by atoms with Crippen molar-refractivity contribution in [2.75, 3.05) is 26.1 Å². The van der Waals surface area contributed by atoms with Crippen molar-refractivity contribution in [1.82, 2.24) is 19.5 Å². The number of rotatable bonds is 13. The van der Waals surface area contributed by atoms with Gasteiger partial charge in [0.05, 0.1) is 18.5 Å². The molecule has 39 heavy (non-hydrogen) atoms. The van der Waals surface area contributed by atoms with Crippen LogP contribution >= 0.6 is 7.82 Å². The fraction of sp³-hybridized carbons (Fsp3) is 0.550. The molecule has 0 fully saturated rings. The van der Waals surface area contributed by atoms with Crippen LogP contribution in [0.4, 0.5) is 19.8 Å². The maximum Gasteiger partial charge on any atom is 0.510 e. The molecule has 2 atom stereocenters. The van der Waals surface area contributed by atoms with E-state index < -0.39 is 71.1 Å². The van der Waals surface area contributed by atoms with Crippen molar-refractivity contribution in [2.24, 2.45) is 0 Å². The summed E-state index contributed by atoms with van der Waals surface area (Å²) in [6.07, 6.45) is -2.39. The van der Waals surface area contributed by atoms with Gasteiger partial charge >= 0.3 is 20.1 Å².